The molecule has 0 aromatic carbocycles. The monoisotopic (exact) mass is 204 g/mol. The Morgan fingerprint density at radius 3 is 2.67 bits per heavy atom. The van der Waals surface area contributed by atoms with E-state index in [0.29, 0.717) is 6.54 Å². The Hall–Kier alpha value is -1.71. The van der Waals surface area contributed by atoms with Gasteiger partial charge in [-0.15, -0.1) is 0 Å². The van der Waals surface area contributed by atoms with Crippen molar-refractivity contribution in [1.29, 1.82) is 0 Å². The van der Waals surface area contributed by atoms with Gasteiger partial charge in [-0.05, 0) is 13.0 Å². The summed E-state index contributed by atoms with van der Waals surface area (Å²) in [6.45, 7) is 6.61. The molecule has 2 rings (SSSR count). The Morgan fingerprint density at radius 2 is 2.07 bits per heavy atom. The molecule has 2 heterocycles. The molecule has 4 heteroatoms. The molecule has 4 nitrogen and oxygen atoms in total. The topological polar surface area (TPSA) is 42.8 Å². The van der Waals surface area contributed by atoms with Crippen molar-refractivity contribution in [3.05, 3.63) is 41.0 Å². The third-order valence-electron chi connectivity index (χ3n) is 2.60. The maximum atomic E-state index is 5.19. The molecule has 2 aromatic rings. The minimum absolute atomic E-state index is 0.687. The largest absolute Gasteiger partial charge is 0.261 e. The van der Waals surface area contributed by atoms with Crippen LogP contribution in [0.3, 0.4) is 0 Å². The summed E-state index contributed by atoms with van der Waals surface area (Å²) < 4.78 is 6.97. The summed E-state index contributed by atoms with van der Waals surface area (Å²) in [6, 6.07) is 3.98. The van der Waals surface area contributed by atoms with E-state index in [1.54, 1.807) is 10.9 Å². The number of hydrogen-bond donors (Lipinski definition) is 0. The summed E-state index contributed by atoms with van der Waals surface area (Å²) in [7, 11) is 0. The first-order chi connectivity index (χ1) is 7.18. The van der Waals surface area contributed by atoms with Crippen LogP contribution >= 0.6 is 0 Å². The van der Waals surface area contributed by atoms with Crippen LogP contribution in [0.15, 0.2) is 23.0 Å². The van der Waals surface area contributed by atoms with Crippen LogP contribution in [0.5, 0.6) is 0 Å². The van der Waals surface area contributed by atoms with E-state index in [2.05, 4.69) is 10.1 Å². The Morgan fingerprint density at radius 1 is 1.27 bits per heavy atom. The second kappa shape index (κ2) is 3.81. The lowest BCUT2D eigenvalue weighted by Crippen LogP contribution is -2.35. The van der Waals surface area contributed by atoms with Crippen molar-refractivity contribution >= 4 is 0 Å². The predicted molar refractivity (Wildman–Crippen MR) is 54.2 cm³/mol. The van der Waals surface area contributed by atoms with E-state index in [1.165, 1.54) is 0 Å². The van der Waals surface area contributed by atoms with Gasteiger partial charge >= 0.3 is 0 Å². The van der Waals surface area contributed by atoms with Crippen molar-refractivity contribution in [2.75, 3.05) is 0 Å². The number of nitrogens with zero attached hydrogens (tertiary/aromatic N) is 3. The van der Waals surface area contributed by atoms with Crippen LogP contribution in [0.25, 0.3) is 0 Å². The highest BCUT2D eigenvalue weighted by Crippen LogP contribution is 2.04. The molecular formula is C11H14N3O+. The van der Waals surface area contributed by atoms with Crippen LogP contribution in [0.4, 0.5) is 0 Å². The average Bonchev–Trinajstić information content (AvgIpc) is 2.53. The molecule has 0 aliphatic heterocycles. The molecule has 0 radical (unpaired) electrons. The maximum absolute atomic E-state index is 5.19. The molecule has 0 spiro atoms. The maximum Gasteiger partial charge on any atom is 0.242 e. The zero-order valence-electron chi connectivity index (χ0n) is 9.19. The molecular weight excluding hydrogens is 190 g/mol. The lowest BCUT2D eigenvalue weighted by Gasteiger charge is -1.99. The third kappa shape index (κ3) is 1.88. The van der Waals surface area contributed by atoms with Crippen LogP contribution < -0.4 is 4.74 Å². The van der Waals surface area contributed by atoms with E-state index in [4.69, 9.17) is 4.63 Å². The molecule has 0 atom stereocenters. The van der Waals surface area contributed by atoms with Crippen LogP contribution in [-0.4, -0.2) is 10.1 Å². The number of hydrogen-bond acceptors (Lipinski definition) is 3. The van der Waals surface area contributed by atoms with Crippen molar-refractivity contribution in [1.82, 2.24) is 10.1 Å². The highest BCUT2D eigenvalue weighted by atomic mass is 16.6. The van der Waals surface area contributed by atoms with Crippen molar-refractivity contribution < 1.29 is 9.37 Å². The molecule has 15 heavy (non-hydrogen) atoms. The Kier molecular flexibility index (Phi) is 2.49. The van der Waals surface area contributed by atoms with Gasteiger partial charge in [-0.3, -0.25) is 4.98 Å². The number of pyridine rings is 1. The van der Waals surface area contributed by atoms with Gasteiger partial charge in [-0.2, -0.15) is 0 Å². The molecule has 0 aliphatic carbocycles. The van der Waals surface area contributed by atoms with Crippen molar-refractivity contribution in [2.45, 2.75) is 27.3 Å². The number of aryl methyl sites for hydroxylation is 2. The third-order valence-corrected chi connectivity index (χ3v) is 2.60. The second-order valence-corrected chi connectivity index (χ2v) is 3.63. The van der Waals surface area contributed by atoms with Crippen LogP contribution in [-0.2, 0) is 6.54 Å². The van der Waals surface area contributed by atoms with Gasteiger partial charge in [0, 0.05) is 31.3 Å². The molecule has 0 bridgehead atoms. The van der Waals surface area contributed by atoms with Gasteiger partial charge in [0.1, 0.15) is 0 Å². The summed E-state index contributed by atoms with van der Waals surface area (Å²) >= 11 is 0. The second-order valence-electron chi connectivity index (χ2n) is 3.63. The first-order valence-corrected chi connectivity index (χ1v) is 4.92. The van der Waals surface area contributed by atoms with Gasteiger partial charge < -0.3 is 0 Å². The van der Waals surface area contributed by atoms with Crippen LogP contribution in [0, 0.1) is 20.8 Å². The molecule has 0 N–H and O–H groups in total. The summed E-state index contributed by atoms with van der Waals surface area (Å²) in [6.07, 6.45) is 1.79. The fourth-order valence-electron chi connectivity index (χ4n) is 1.41. The van der Waals surface area contributed by atoms with Crippen LogP contribution in [0.2, 0.25) is 0 Å². The molecule has 78 valence electrons. The average molecular weight is 204 g/mol. The quantitative estimate of drug-likeness (QED) is 0.693. The van der Waals surface area contributed by atoms with E-state index in [9.17, 15) is 0 Å². The van der Waals surface area contributed by atoms with Gasteiger partial charge in [0.2, 0.25) is 5.69 Å². The molecule has 0 unspecified atom stereocenters. The fourth-order valence-corrected chi connectivity index (χ4v) is 1.41. The normalized spacial score (nSPS) is 10.6. The number of rotatable bonds is 2. The first-order valence-electron chi connectivity index (χ1n) is 4.92. The smallest absolute Gasteiger partial charge is 0.242 e. The lowest BCUT2D eigenvalue weighted by atomic mass is 10.2. The van der Waals surface area contributed by atoms with Gasteiger partial charge in [0.25, 0.3) is 0 Å². The van der Waals surface area contributed by atoms with Gasteiger partial charge in [0.05, 0.1) is 0 Å². The fraction of sp³-hybridized carbons (Fsp3) is 0.364. The van der Waals surface area contributed by atoms with Gasteiger partial charge in [-0.1, -0.05) is 15.4 Å². The highest BCUT2D eigenvalue weighted by molar-refractivity contribution is 5.16. The van der Waals surface area contributed by atoms with Crippen molar-refractivity contribution in [2.24, 2.45) is 0 Å². The van der Waals surface area contributed by atoms with Gasteiger partial charge in [0.15, 0.2) is 17.4 Å². The molecule has 0 fully saturated rings. The van der Waals surface area contributed by atoms with E-state index in [0.717, 1.165) is 22.6 Å². The van der Waals surface area contributed by atoms with Crippen molar-refractivity contribution in [3.8, 4) is 0 Å². The Labute approximate surface area is 88.5 Å². The molecule has 0 aliphatic rings. The molecule has 0 saturated carbocycles. The minimum Gasteiger partial charge on any atom is -0.261 e. The van der Waals surface area contributed by atoms with Crippen LogP contribution in [0.1, 0.15) is 22.6 Å². The summed E-state index contributed by atoms with van der Waals surface area (Å²) in [4.78, 5) is 4.24. The zero-order chi connectivity index (χ0) is 10.8. The highest BCUT2D eigenvalue weighted by Gasteiger charge is 2.16. The van der Waals surface area contributed by atoms with E-state index < -0.39 is 0 Å². The number of aromatic nitrogens is 3. The van der Waals surface area contributed by atoms with E-state index >= 15 is 0 Å². The first kappa shape index (κ1) is 9.83. The predicted octanol–water partition coefficient (Wildman–Crippen LogP) is 1.33. The standard InChI is InChI=1S/C11H14N3O/c1-8-10(3)14(15-13-8)7-11-5-4-6-12-9(11)2/h4-6H,7H2,1-3H3/q+1. The zero-order valence-corrected chi connectivity index (χ0v) is 9.19. The molecule has 2 aromatic heterocycles. The molecule has 0 saturated heterocycles. The van der Waals surface area contributed by atoms with Gasteiger partial charge in [-0.25, -0.2) is 0 Å². The van der Waals surface area contributed by atoms with E-state index in [-0.39, 0.29) is 0 Å². The van der Waals surface area contributed by atoms with Crippen molar-refractivity contribution in [3.63, 3.8) is 0 Å². The SMILES string of the molecule is Cc1ncccc1C[n+]1onc(C)c1C. The summed E-state index contributed by atoms with van der Waals surface area (Å²) in [5, 5.41) is 3.91. The lowest BCUT2D eigenvalue weighted by molar-refractivity contribution is -0.870. The van der Waals surface area contributed by atoms with E-state index in [1.807, 2.05) is 32.9 Å². The minimum atomic E-state index is 0.687. The Bertz CT molecular complexity index is 476. The molecule has 0 amide bonds. The summed E-state index contributed by atoms with van der Waals surface area (Å²) in [5.74, 6) is 0. The Balaban J connectivity index is 2.30. The summed E-state index contributed by atoms with van der Waals surface area (Å²) in [5.41, 5.74) is 4.16.